The third-order valence-electron chi connectivity index (χ3n) is 5.01. The molecule has 8 heteroatoms. The summed E-state index contributed by atoms with van der Waals surface area (Å²) in [5, 5.41) is 5.32. The lowest BCUT2D eigenvalue weighted by Crippen LogP contribution is -2.30. The van der Waals surface area contributed by atoms with Gasteiger partial charge in [0, 0.05) is 37.3 Å². The molecule has 0 aromatic heterocycles. The molecule has 0 atom stereocenters. The molecule has 2 aromatic rings. The predicted molar refractivity (Wildman–Crippen MR) is 108 cm³/mol. The number of nitrogens with one attached hydrogen (secondary N) is 2. The Labute approximate surface area is 173 Å². The van der Waals surface area contributed by atoms with Gasteiger partial charge in [-0.15, -0.1) is 0 Å². The first-order valence-electron chi connectivity index (χ1n) is 9.79. The fourth-order valence-corrected chi connectivity index (χ4v) is 3.28. The number of nitrogens with zero attached hydrogens (tertiary/aromatic N) is 1. The van der Waals surface area contributed by atoms with Crippen molar-refractivity contribution in [3.05, 3.63) is 64.7 Å². The van der Waals surface area contributed by atoms with Crippen LogP contribution < -0.4 is 10.6 Å². The molecule has 0 radical (unpaired) electrons. The van der Waals surface area contributed by atoms with Gasteiger partial charge in [-0.3, -0.25) is 14.4 Å². The molecule has 0 bridgehead atoms. The zero-order valence-electron chi connectivity index (χ0n) is 16.6. The first-order valence-corrected chi connectivity index (χ1v) is 9.79. The number of halogens is 2. The lowest BCUT2D eigenvalue weighted by atomic mass is 10.1. The summed E-state index contributed by atoms with van der Waals surface area (Å²) in [6.07, 6.45) is 2.11. The Balaban J connectivity index is 1.60. The van der Waals surface area contributed by atoms with Crippen LogP contribution in [0.3, 0.4) is 0 Å². The highest BCUT2D eigenvalue weighted by Gasteiger charge is 2.19. The van der Waals surface area contributed by atoms with Crippen LogP contribution in [0.5, 0.6) is 0 Å². The van der Waals surface area contributed by atoms with Crippen molar-refractivity contribution in [2.45, 2.75) is 26.2 Å². The van der Waals surface area contributed by atoms with Gasteiger partial charge in [-0.25, -0.2) is 8.78 Å². The molecule has 0 unspecified atom stereocenters. The summed E-state index contributed by atoms with van der Waals surface area (Å²) in [4.78, 5) is 38.1. The average molecular weight is 415 g/mol. The maximum absolute atomic E-state index is 13.8. The van der Waals surface area contributed by atoms with Crippen molar-refractivity contribution >= 4 is 23.4 Å². The molecule has 2 aromatic carbocycles. The minimum atomic E-state index is -1.22. The van der Waals surface area contributed by atoms with Crippen LogP contribution in [-0.4, -0.2) is 42.3 Å². The molecule has 158 valence electrons. The van der Waals surface area contributed by atoms with E-state index in [0.717, 1.165) is 19.0 Å². The lowest BCUT2D eigenvalue weighted by molar-refractivity contribution is -0.127. The van der Waals surface area contributed by atoms with E-state index in [-0.39, 0.29) is 11.8 Å². The normalized spacial score (nSPS) is 13.4. The first kappa shape index (κ1) is 21.4. The van der Waals surface area contributed by atoms with Gasteiger partial charge in [-0.2, -0.15) is 0 Å². The van der Waals surface area contributed by atoms with E-state index in [9.17, 15) is 23.2 Å². The number of hydrogen-bond acceptors (Lipinski definition) is 3. The summed E-state index contributed by atoms with van der Waals surface area (Å²) >= 11 is 0. The van der Waals surface area contributed by atoms with Crippen molar-refractivity contribution in [3.8, 4) is 0 Å². The maximum atomic E-state index is 13.8. The number of likely N-dealkylation sites (tertiary alicyclic amines) is 1. The molecule has 1 aliphatic heterocycles. The van der Waals surface area contributed by atoms with E-state index in [4.69, 9.17) is 0 Å². The molecule has 1 fully saturated rings. The minimum absolute atomic E-state index is 0.148. The van der Waals surface area contributed by atoms with E-state index in [1.165, 1.54) is 18.2 Å². The highest BCUT2D eigenvalue weighted by Crippen LogP contribution is 2.20. The molecule has 0 aliphatic carbocycles. The molecule has 0 saturated carbocycles. The molecule has 30 heavy (non-hydrogen) atoms. The first-order chi connectivity index (χ1) is 14.4. The second kappa shape index (κ2) is 9.47. The molecule has 2 N–H and O–H groups in total. The molecule has 1 aliphatic rings. The zero-order valence-corrected chi connectivity index (χ0v) is 16.6. The quantitative estimate of drug-likeness (QED) is 0.682. The van der Waals surface area contributed by atoms with Crippen molar-refractivity contribution in [2.75, 3.05) is 25.0 Å². The van der Waals surface area contributed by atoms with E-state index in [1.54, 1.807) is 24.0 Å². The van der Waals surface area contributed by atoms with Gasteiger partial charge in [0.25, 0.3) is 11.8 Å². The fourth-order valence-electron chi connectivity index (χ4n) is 3.28. The summed E-state index contributed by atoms with van der Waals surface area (Å²) in [5.41, 5.74) is 0.914. The van der Waals surface area contributed by atoms with Gasteiger partial charge < -0.3 is 15.5 Å². The van der Waals surface area contributed by atoms with E-state index in [1.807, 2.05) is 0 Å². The second-order valence-electron chi connectivity index (χ2n) is 7.18. The van der Waals surface area contributed by atoms with Crippen LogP contribution in [0.15, 0.2) is 36.4 Å². The minimum Gasteiger partial charge on any atom is -0.352 e. The second-order valence-corrected chi connectivity index (χ2v) is 7.18. The van der Waals surface area contributed by atoms with Crippen LogP contribution in [0, 0.1) is 18.6 Å². The molecule has 6 nitrogen and oxygen atoms in total. The monoisotopic (exact) mass is 415 g/mol. The molecule has 3 rings (SSSR count). The molecular weight excluding hydrogens is 392 g/mol. The number of hydrogen-bond donors (Lipinski definition) is 2. The van der Waals surface area contributed by atoms with Crippen LogP contribution in [0.25, 0.3) is 0 Å². The highest BCUT2D eigenvalue weighted by atomic mass is 19.2. The molecular formula is C22H23F2N3O3. The summed E-state index contributed by atoms with van der Waals surface area (Å²) in [7, 11) is 0. The lowest BCUT2D eigenvalue weighted by Gasteiger charge is -2.15. The number of rotatable bonds is 7. The molecule has 1 saturated heterocycles. The Morgan fingerprint density at radius 1 is 1.13 bits per heavy atom. The van der Waals surface area contributed by atoms with Crippen molar-refractivity contribution in [2.24, 2.45) is 0 Å². The molecule has 3 amide bonds. The summed E-state index contributed by atoms with van der Waals surface area (Å²) in [6, 6.07) is 8.14. The fraction of sp³-hybridized carbons (Fsp3) is 0.318. The van der Waals surface area contributed by atoms with Crippen LogP contribution in [0.1, 0.15) is 45.5 Å². The number of aryl methyl sites for hydroxylation is 1. The molecule has 0 spiro atoms. The van der Waals surface area contributed by atoms with Crippen molar-refractivity contribution < 1.29 is 23.2 Å². The Morgan fingerprint density at radius 3 is 2.67 bits per heavy atom. The van der Waals surface area contributed by atoms with E-state index in [0.29, 0.717) is 42.7 Å². The standard InChI is InChI=1S/C22H23F2N3O3/c1-14-8-9-15(21(29)25-10-4-12-27-11-3-7-19(27)28)13-18(14)26-22(30)16-5-2-6-17(23)20(16)24/h2,5-6,8-9,13H,3-4,7,10-12H2,1H3,(H,25,29)(H,26,30). The number of carbonyl (C=O) groups excluding carboxylic acids is 3. The Bertz CT molecular complexity index is 978. The Kier molecular flexibility index (Phi) is 6.76. The number of benzene rings is 2. The van der Waals surface area contributed by atoms with Gasteiger partial charge in [-0.05, 0) is 49.6 Å². The van der Waals surface area contributed by atoms with Gasteiger partial charge in [0.05, 0.1) is 5.56 Å². The third kappa shape index (κ3) is 5.00. The van der Waals surface area contributed by atoms with Gasteiger partial charge >= 0.3 is 0 Å². The number of carbonyl (C=O) groups is 3. The van der Waals surface area contributed by atoms with E-state index in [2.05, 4.69) is 10.6 Å². The Morgan fingerprint density at radius 2 is 1.93 bits per heavy atom. The van der Waals surface area contributed by atoms with Crippen LogP contribution in [-0.2, 0) is 4.79 Å². The van der Waals surface area contributed by atoms with Crippen LogP contribution >= 0.6 is 0 Å². The number of anilines is 1. The smallest absolute Gasteiger partial charge is 0.258 e. The maximum Gasteiger partial charge on any atom is 0.258 e. The van der Waals surface area contributed by atoms with Crippen LogP contribution in [0.4, 0.5) is 14.5 Å². The zero-order chi connectivity index (χ0) is 21.7. The summed E-state index contributed by atoms with van der Waals surface area (Å²) in [5.74, 6) is -3.31. The van der Waals surface area contributed by atoms with Gasteiger partial charge in [-0.1, -0.05) is 12.1 Å². The summed E-state index contributed by atoms with van der Waals surface area (Å²) < 4.78 is 27.2. The van der Waals surface area contributed by atoms with Gasteiger partial charge in [0.15, 0.2) is 11.6 Å². The van der Waals surface area contributed by atoms with Crippen molar-refractivity contribution in [3.63, 3.8) is 0 Å². The average Bonchev–Trinajstić information content (AvgIpc) is 3.13. The summed E-state index contributed by atoms with van der Waals surface area (Å²) in [6.45, 7) is 3.51. The predicted octanol–water partition coefficient (Wildman–Crippen LogP) is 3.27. The molecule has 1 heterocycles. The van der Waals surface area contributed by atoms with Gasteiger partial charge in [0.2, 0.25) is 5.91 Å². The van der Waals surface area contributed by atoms with Gasteiger partial charge in [0.1, 0.15) is 0 Å². The van der Waals surface area contributed by atoms with E-state index < -0.39 is 23.1 Å². The van der Waals surface area contributed by atoms with Crippen LogP contribution in [0.2, 0.25) is 0 Å². The Hall–Kier alpha value is -3.29. The SMILES string of the molecule is Cc1ccc(C(=O)NCCCN2CCCC2=O)cc1NC(=O)c1cccc(F)c1F. The highest BCUT2D eigenvalue weighted by molar-refractivity contribution is 6.05. The van der Waals surface area contributed by atoms with E-state index >= 15 is 0 Å². The van der Waals surface area contributed by atoms with Crippen molar-refractivity contribution in [1.29, 1.82) is 0 Å². The number of amides is 3. The van der Waals surface area contributed by atoms with Crippen molar-refractivity contribution in [1.82, 2.24) is 10.2 Å². The third-order valence-corrected chi connectivity index (χ3v) is 5.01. The topological polar surface area (TPSA) is 78.5 Å². The largest absolute Gasteiger partial charge is 0.352 e.